The van der Waals surface area contributed by atoms with Crippen molar-refractivity contribution in [3.8, 4) is 6.07 Å². The van der Waals surface area contributed by atoms with E-state index in [1.807, 2.05) is 51.1 Å². The number of rotatable bonds is 2. The molecule has 1 aromatic carbocycles. The molecule has 2 unspecified atom stereocenters. The summed E-state index contributed by atoms with van der Waals surface area (Å²) in [5.41, 5.74) is -0.551. The average molecular weight is 310 g/mol. The topological polar surface area (TPSA) is 70.0 Å². The van der Waals surface area contributed by atoms with Gasteiger partial charge in [0.25, 0.3) is 0 Å². The third kappa shape index (κ3) is 3.34. The zero-order chi connectivity index (χ0) is 17.3. The Bertz CT molecular complexity index is 692. The molecule has 120 valence electrons. The number of carbonyl (C=O) groups excluding carboxylic acids is 2. The number of hydrogen-bond donors (Lipinski definition) is 1. The minimum atomic E-state index is -1.24. The first-order valence-electron chi connectivity index (χ1n) is 7.71. The minimum absolute atomic E-state index is 0.0937. The molecule has 23 heavy (non-hydrogen) atoms. The molecule has 2 atom stereocenters. The van der Waals surface area contributed by atoms with E-state index in [1.54, 1.807) is 6.92 Å². The summed E-state index contributed by atoms with van der Waals surface area (Å²) in [4.78, 5) is 25.3. The third-order valence-electron chi connectivity index (χ3n) is 4.19. The van der Waals surface area contributed by atoms with Crippen LogP contribution in [0.3, 0.4) is 0 Å². The first-order chi connectivity index (χ1) is 10.7. The van der Waals surface area contributed by atoms with E-state index in [9.17, 15) is 14.9 Å². The largest absolute Gasteiger partial charge is 0.386 e. The minimum Gasteiger partial charge on any atom is -0.386 e. The van der Waals surface area contributed by atoms with Crippen LogP contribution in [0.2, 0.25) is 0 Å². The molecule has 1 N–H and O–H groups in total. The van der Waals surface area contributed by atoms with Crippen LogP contribution in [0.25, 0.3) is 0 Å². The van der Waals surface area contributed by atoms with Crippen LogP contribution in [0.15, 0.2) is 42.1 Å². The van der Waals surface area contributed by atoms with Crippen LogP contribution < -0.4 is 5.32 Å². The molecule has 4 nitrogen and oxygen atoms in total. The number of nitrogens with one attached hydrogen (secondary N) is 1. The number of benzene rings is 1. The third-order valence-corrected chi connectivity index (χ3v) is 4.19. The Labute approximate surface area is 137 Å². The zero-order valence-electron chi connectivity index (χ0n) is 14.0. The van der Waals surface area contributed by atoms with Gasteiger partial charge in [0.15, 0.2) is 11.6 Å². The summed E-state index contributed by atoms with van der Waals surface area (Å²) >= 11 is 0. The van der Waals surface area contributed by atoms with Crippen LogP contribution in [0.5, 0.6) is 0 Å². The quantitative estimate of drug-likeness (QED) is 0.673. The van der Waals surface area contributed by atoms with Gasteiger partial charge in [0.05, 0.1) is 11.6 Å². The van der Waals surface area contributed by atoms with Gasteiger partial charge in [-0.1, -0.05) is 30.3 Å². The summed E-state index contributed by atoms with van der Waals surface area (Å²) in [7, 11) is 0. The fraction of sp³-hybridized carbons (Fsp3) is 0.421. The molecular formula is C19H22N2O2. The lowest BCUT2D eigenvalue weighted by Gasteiger charge is -2.35. The second kappa shape index (κ2) is 6.00. The van der Waals surface area contributed by atoms with E-state index < -0.39 is 17.1 Å². The van der Waals surface area contributed by atoms with Crippen molar-refractivity contribution < 1.29 is 9.59 Å². The predicted molar refractivity (Wildman–Crippen MR) is 88.5 cm³/mol. The highest BCUT2D eigenvalue weighted by atomic mass is 16.2. The highest BCUT2D eigenvalue weighted by molar-refractivity contribution is 6.25. The standard InChI is InChI=1S/C19H22N2O2/c1-18(2,3)21-11-14-16(22)10-15(13-8-6-5-7-9-13)19(4,12-20)17(14)23/h5-9,11,15,21H,10H2,1-4H3/b14-11-. The van der Waals surface area contributed by atoms with Crippen LogP contribution in [0.4, 0.5) is 0 Å². The molecule has 0 radical (unpaired) electrons. The van der Waals surface area contributed by atoms with Crippen LogP contribution in [0, 0.1) is 16.7 Å². The molecule has 0 bridgehead atoms. The van der Waals surface area contributed by atoms with Gasteiger partial charge < -0.3 is 5.32 Å². The molecule has 0 aromatic heterocycles. The van der Waals surface area contributed by atoms with Gasteiger partial charge in [-0.3, -0.25) is 9.59 Å². The highest BCUT2D eigenvalue weighted by Crippen LogP contribution is 2.44. The van der Waals surface area contributed by atoms with Gasteiger partial charge in [-0.05, 0) is 33.3 Å². The van der Waals surface area contributed by atoms with Gasteiger partial charge in [0.1, 0.15) is 5.41 Å². The summed E-state index contributed by atoms with van der Waals surface area (Å²) < 4.78 is 0. The van der Waals surface area contributed by atoms with Crippen molar-refractivity contribution in [2.24, 2.45) is 5.41 Å². The molecule has 1 aliphatic rings. The van der Waals surface area contributed by atoms with E-state index >= 15 is 0 Å². The molecule has 0 spiro atoms. The number of ketones is 2. The molecule has 2 rings (SSSR count). The van der Waals surface area contributed by atoms with Crippen molar-refractivity contribution in [3.05, 3.63) is 47.7 Å². The van der Waals surface area contributed by atoms with Gasteiger partial charge in [-0.15, -0.1) is 0 Å². The number of nitriles is 1. The lowest BCUT2D eigenvalue weighted by molar-refractivity contribution is -0.130. The van der Waals surface area contributed by atoms with E-state index in [4.69, 9.17) is 0 Å². The summed E-state index contributed by atoms with van der Waals surface area (Å²) in [6.45, 7) is 7.46. The number of carbonyl (C=O) groups is 2. The predicted octanol–water partition coefficient (Wildman–Crippen LogP) is 3.11. The first-order valence-corrected chi connectivity index (χ1v) is 7.71. The van der Waals surface area contributed by atoms with Crippen LogP contribution in [-0.4, -0.2) is 17.1 Å². The van der Waals surface area contributed by atoms with Gasteiger partial charge in [-0.2, -0.15) is 5.26 Å². The SMILES string of the molecule is CC(C)(C)N/C=C1/C(=O)CC(c2ccccc2)C(C)(C#N)C1=O. The molecule has 1 fully saturated rings. The van der Waals surface area contributed by atoms with Crippen molar-refractivity contribution in [3.63, 3.8) is 0 Å². The smallest absolute Gasteiger partial charge is 0.188 e. The van der Waals surface area contributed by atoms with Crippen molar-refractivity contribution >= 4 is 11.6 Å². The Hall–Kier alpha value is -2.41. The van der Waals surface area contributed by atoms with E-state index in [0.29, 0.717) is 0 Å². The Kier molecular flexibility index (Phi) is 4.42. The summed E-state index contributed by atoms with van der Waals surface area (Å²) in [5.74, 6) is -1.03. The summed E-state index contributed by atoms with van der Waals surface area (Å²) in [5, 5.41) is 12.7. The molecule has 0 aliphatic heterocycles. The van der Waals surface area contributed by atoms with Gasteiger partial charge in [0.2, 0.25) is 0 Å². The van der Waals surface area contributed by atoms with Crippen molar-refractivity contribution in [2.75, 3.05) is 0 Å². The van der Waals surface area contributed by atoms with Crippen LogP contribution in [-0.2, 0) is 9.59 Å². The summed E-state index contributed by atoms with van der Waals surface area (Å²) in [6.07, 6.45) is 1.64. The number of Topliss-reactive ketones (excluding diaryl/α,β-unsaturated/α-hetero) is 2. The normalized spacial score (nSPS) is 26.9. The van der Waals surface area contributed by atoms with Crippen LogP contribution >= 0.6 is 0 Å². The molecule has 0 amide bonds. The van der Waals surface area contributed by atoms with Gasteiger partial charge in [0, 0.05) is 24.1 Å². The number of nitrogens with zero attached hydrogens (tertiary/aromatic N) is 1. The number of hydrogen-bond acceptors (Lipinski definition) is 4. The van der Waals surface area contributed by atoms with Gasteiger partial charge in [-0.25, -0.2) is 0 Å². The van der Waals surface area contributed by atoms with E-state index in [2.05, 4.69) is 11.4 Å². The maximum Gasteiger partial charge on any atom is 0.188 e. The maximum atomic E-state index is 12.8. The van der Waals surface area contributed by atoms with Crippen molar-refractivity contribution in [2.45, 2.75) is 45.6 Å². The summed E-state index contributed by atoms with van der Waals surface area (Å²) in [6, 6.07) is 11.5. The maximum absolute atomic E-state index is 12.8. The van der Waals surface area contributed by atoms with Crippen LogP contribution in [0.1, 0.15) is 45.6 Å². The lowest BCUT2D eigenvalue weighted by Crippen LogP contribution is -2.43. The molecule has 4 heteroatoms. The molecule has 1 aliphatic carbocycles. The Morgan fingerprint density at radius 1 is 1.26 bits per heavy atom. The Morgan fingerprint density at radius 3 is 2.39 bits per heavy atom. The zero-order valence-corrected chi connectivity index (χ0v) is 14.0. The van der Waals surface area contributed by atoms with Crippen molar-refractivity contribution in [1.82, 2.24) is 5.32 Å². The molecule has 0 heterocycles. The second-order valence-corrected chi connectivity index (χ2v) is 7.19. The molecule has 1 saturated carbocycles. The number of allylic oxidation sites excluding steroid dienone is 1. The average Bonchev–Trinajstić information content (AvgIpc) is 2.50. The highest BCUT2D eigenvalue weighted by Gasteiger charge is 2.50. The molecular weight excluding hydrogens is 288 g/mol. The molecule has 0 saturated heterocycles. The lowest BCUT2D eigenvalue weighted by atomic mass is 9.63. The van der Waals surface area contributed by atoms with E-state index in [-0.39, 0.29) is 23.3 Å². The monoisotopic (exact) mass is 310 g/mol. The molecule has 1 aromatic rings. The van der Waals surface area contributed by atoms with Crippen molar-refractivity contribution in [1.29, 1.82) is 5.26 Å². The fourth-order valence-electron chi connectivity index (χ4n) is 2.76. The Balaban J connectivity index is 2.43. The van der Waals surface area contributed by atoms with Gasteiger partial charge >= 0.3 is 0 Å². The van der Waals surface area contributed by atoms with E-state index in [0.717, 1.165) is 5.56 Å². The first kappa shape index (κ1) is 17.0. The Morgan fingerprint density at radius 2 is 1.87 bits per heavy atom. The second-order valence-electron chi connectivity index (χ2n) is 7.19. The fourth-order valence-corrected chi connectivity index (χ4v) is 2.76. The van der Waals surface area contributed by atoms with E-state index in [1.165, 1.54) is 6.20 Å².